The Balaban J connectivity index is 1.05. The van der Waals surface area contributed by atoms with Gasteiger partial charge in [0.25, 0.3) is 0 Å². The molecule has 14 heteroatoms. The van der Waals surface area contributed by atoms with Gasteiger partial charge in [0.1, 0.15) is 24.6 Å². The molecule has 4 heterocycles. The topological polar surface area (TPSA) is 147 Å². The lowest BCUT2D eigenvalue weighted by molar-refractivity contribution is -0.163. The molecule has 0 bridgehead atoms. The number of hydrogen-bond acceptors (Lipinski definition) is 11. The van der Waals surface area contributed by atoms with Crippen molar-refractivity contribution in [1.29, 1.82) is 0 Å². The van der Waals surface area contributed by atoms with E-state index in [0.717, 1.165) is 12.8 Å². The summed E-state index contributed by atoms with van der Waals surface area (Å²) in [6.45, 7) is 0.578. The highest BCUT2D eigenvalue weighted by Crippen LogP contribution is 2.33. The third-order valence-electron chi connectivity index (χ3n) is 7.99. The van der Waals surface area contributed by atoms with E-state index in [2.05, 4.69) is 20.8 Å². The summed E-state index contributed by atoms with van der Waals surface area (Å²) < 4.78 is 32.5. The number of aromatic nitrogens is 4. The number of methoxy groups -OCH3 is 1. The first kappa shape index (κ1) is 29.2. The molecule has 3 aromatic rings. The standard InChI is InChI=1S/C30H31FN6O7/c1-41-28(38)23-4-2-3-5-24(23)29(39)42-17-20-13-27(34-44-20)26-9-6-18(14-32-26)22-8-7-19(12-25(22)31)37-16-21(43-30(37)40)15-36-11-10-33-35-36/h6-14,20-21,23-24,34H,2-5,15-17H2,1H3/t20-,21-,23?,24?/m0/s1. The van der Waals surface area contributed by atoms with Crippen LogP contribution in [-0.4, -0.2) is 70.5 Å². The molecule has 2 unspecified atom stereocenters. The minimum atomic E-state index is -0.555. The van der Waals surface area contributed by atoms with Crippen molar-refractivity contribution >= 4 is 29.4 Å². The fourth-order valence-corrected chi connectivity index (χ4v) is 5.72. The van der Waals surface area contributed by atoms with Crippen molar-refractivity contribution in [1.82, 2.24) is 25.5 Å². The lowest BCUT2D eigenvalue weighted by Gasteiger charge is -2.27. The summed E-state index contributed by atoms with van der Waals surface area (Å²) in [6.07, 6.45) is 7.87. The Morgan fingerprint density at radius 2 is 1.95 bits per heavy atom. The van der Waals surface area contributed by atoms with Gasteiger partial charge in [-0.25, -0.2) is 13.9 Å². The fourth-order valence-electron chi connectivity index (χ4n) is 5.72. The quantitative estimate of drug-likeness (QED) is 0.283. The maximum Gasteiger partial charge on any atom is 0.414 e. The van der Waals surface area contributed by atoms with Gasteiger partial charge in [0.2, 0.25) is 0 Å². The Morgan fingerprint density at radius 1 is 1.14 bits per heavy atom. The Bertz CT molecular complexity index is 1550. The Morgan fingerprint density at radius 3 is 2.66 bits per heavy atom. The summed E-state index contributed by atoms with van der Waals surface area (Å²) in [7, 11) is 1.32. The van der Waals surface area contributed by atoms with Gasteiger partial charge in [-0.2, -0.15) is 0 Å². The summed E-state index contributed by atoms with van der Waals surface area (Å²) in [6, 6.07) is 7.99. The molecule has 1 saturated heterocycles. The summed E-state index contributed by atoms with van der Waals surface area (Å²) in [4.78, 5) is 48.6. The van der Waals surface area contributed by atoms with Crippen LogP contribution >= 0.6 is 0 Å². The molecule has 2 aliphatic heterocycles. The molecule has 3 aliphatic rings. The van der Waals surface area contributed by atoms with E-state index in [4.69, 9.17) is 19.0 Å². The molecule has 13 nitrogen and oxygen atoms in total. The highest BCUT2D eigenvalue weighted by atomic mass is 19.1. The van der Waals surface area contributed by atoms with Crippen molar-refractivity contribution in [2.24, 2.45) is 11.8 Å². The number of benzene rings is 1. The van der Waals surface area contributed by atoms with Crippen LogP contribution in [0.15, 0.2) is 55.0 Å². The Hall–Kier alpha value is -4.85. The number of rotatable bonds is 9. The average molecular weight is 607 g/mol. The van der Waals surface area contributed by atoms with Gasteiger partial charge >= 0.3 is 18.0 Å². The van der Waals surface area contributed by atoms with Gasteiger partial charge in [-0.3, -0.25) is 29.8 Å². The first-order chi connectivity index (χ1) is 21.4. The second kappa shape index (κ2) is 12.8. The van der Waals surface area contributed by atoms with Crippen LogP contribution in [-0.2, 0) is 35.2 Å². The van der Waals surface area contributed by atoms with Crippen LogP contribution in [0.4, 0.5) is 14.9 Å². The molecule has 0 radical (unpaired) electrons. The first-order valence-electron chi connectivity index (χ1n) is 14.4. The second-order valence-corrected chi connectivity index (χ2v) is 10.8. The Kier molecular flexibility index (Phi) is 8.50. The number of pyridine rings is 1. The number of nitrogens with zero attached hydrogens (tertiary/aromatic N) is 5. The highest BCUT2D eigenvalue weighted by Gasteiger charge is 2.38. The van der Waals surface area contributed by atoms with E-state index in [1.54, 1.807) is 41.2 Å². The number of carbonyl (C=O) groups is 3. The van der Waals surface area contributed by atoms with E-state index >= 15 is 4.39 Å². The molecular weight excluding hydrogens is 575 g/mol. The number of amides is 1. The van der Waals surface area contributed by atoms with E-state index in [9.17, 15) is 14.4 Å². The summed E-state index contributed by atoms with van der Waals surface area (Å²) in [5.74, 6) is -2.35. The van der Waals surface area contributed by atoms with Crippen LogP contribution in [0.5, 0.6) is 0 Å². The molecule has 0 spiro atoms. The molecule has 1 amide bonds. The fraction of sp³-hybridized carbons (Fsp3) is 0.400. The van der Waals surface area contributed by atoms with Crippen LogP contribution in [0, 0.1) is 17.7 Å². The SMILES string of the molecule is COC(=O)C1CCCCC1C(=O)OC[C@@H]1C=C(c2ccc(-c3ccc(N4C[C@H](Cn5ccnn5)OC4=O)cc3F)cn2)NO1. The lowest BCUT2D eigenvalue weighted by Crippen LogP contribution is -2.35. The number of ether oxygens (including phenoxy) is 3. The lowest BCUT2D eigenvalue weighted by atomic mass is 9.79. The summed E-state index contributed by atoms with van der Waals surface area (Å²) in [5, 5.41) is 7.62. The minimum Gasteiger partial charge on any atom is -0.469 e. The number of anilines is 1. The van der Waals surface area contributed by atoms with E-state index in [1.165, 1.54) is 30.5 Å². The van der Waals surface area contributed by atoms with Crippen LogP contribution in [0.25, 0.3) is 16.8 Å². The smallest absolute Gasteiger partial charge is 0.414 e. The van der Waals surface area contributed by atoms with Crippen LogP contribution in [0.1, 0.15) is 31.4 Å². The van der Waals surface area contributed by atoms with Gasteiger partial charge in [-0.1, -0.05) is 24.1 Å². The molecule has 2 fully saturated rings. The predicted octanol–water partition coefficient (Wildman–Crippen LogP) is 3.27. The zero-order chi connectivity index (χ0) is 30.6. The van der Waals surface area contributed by atoms with Crippen molar-refractivity contribution in [2.45, 2.75) is 44.4 Å². The van der Waals surface area contributed by atoms with Gasteiger partial charge < -0.3 is 14.2 Å². The van der Waals surface area contributed by atoms with Crippen LogP contribution in [0.3, 0.4) is 0 Å². The molecule has 1 saturated carbocycles. The van der Waals surface area contributed by atoms with E-state index in [0.29, 0.717) is 47.6 Å². The molecule has 1 aromatic carbocycles. The van der Waals surface area contributed by atoms with Crippen LogP contribution in [0.2, 0.25) is 0 Å². The number of cyclic esters (lactones) is 1. The van der Waals surface area contributed by atoms with Crippen molar-refractivity contribution < 1.29 is 37.8 Å². The molecule has 4 atom stereocenters. The van der Waals surface area contributed by atoms with Gasteiger partial charge in [0.05, 0.1) is 55.3 Å². The zero-order valence-electron chi connectivity index (χ0n) is 23.9. The number of hydroxylamine groups is 1. The monoisotopic (exact) mass is 606 g/mol. The van der Waals surface area contributed by atoms with E-state index in [1.807, 2.05) is 0 Å². The van der Waals surface area contributed by atoms with Crippen LogP contribution < -0.4 is 10.4 Å². The normalized spacial score (nSPS) is 23.1. The Labute approximate surface area is 251 Å². The zero-order valence-corrected chi connectivity index (χ0v) is 23.9. The molecule has 2 aromatic heterocycles. The van der Waals surface area contributed by atoms with Crippen molar-refractivity contribution in [3.8, 4) is 11.1 Å². The number of hydrogen-bond donors (Lipinski definition) is 1. The maximum atomic E-state index is 15.2. The average Bonchev–Trinajstić information content (AvgIpc) is 3.82. The molecule has 1 N–H and O–H groups in total. The number of halogens is 1. The summed E-state index contributed by atoms with van der Waals surface area (Å²) >= 11 is 0. The van der Waals surface area contributed by atoms with Gasteiger partial charge in [-0.05, 0) is 43.2 Å². The second-order valence-electron chi connectivity index (χ2n) is 10.8. The number of esters is 2. The van der Waals surface area contributed by atoms with E-state index in [-0.39, 0.29) is 19.1 Å². The summed E-state index contributed by atoms with van der Waals surface area (Å²) in [5.41, 5.74) is 5.17. The van der Waals surface area contributed by atoms with Gasteiger partial charge in [0, 0.05) is 23.5 Å². The van der Waals surface area contributed by atoms with Crippen molar-refractivity contribution in [3.63, 3.8) is 0 Å². The number of carbonyl (C=O) groups excluding carboxylic acids is 3. The molecule has 230 valence electrons. The van der Waals surface area contributed by atoms with Gasteiger partial charge in [-0.15, -0.1) is 5.10 Å². The third-order valence-corrected chi connectivity index (χ3v) is 7.99. The molecular formula is C30H31FN6O7. The minimum absolute atomic E-state index is 0.0267. The largest absolute Gasteiger partial charge is 0.469 e. The molecule has 1 aliphatic carbocycles. The van der Waals surface area contributed by atoms with E-state index < -0.39 is 41.9 Å². The molecule has 6 rings (SSSR count). The number of nitrogens with one attached hydrogen (secondary N) is 1. The maximum absolute atomic E-state index is 15.2. The highest BCUT2D eigenvalue weighted by molar-refractivity contribution is 5.90. The predicted molar refractivity (Wildman–Crippen MR) is 152 cm³/mol. The third kappa shape index (κ3) is 6.25. The molecule has 44 heavy (non-hydrogen) atoms. The van der Waals surface area contributed by atoms with Crippen molar-refractivity contribution in [3.05, 3.63) is 66.5 Å². The first-order valence-corrected chi connectivity index (χ1v) is 14.4. The van der Waals surface area contributed by atoms with Gasteiger partial charge in [0.15, 0.2) is 0 Å². The van der Waals surface area contributed by atoms with Crippen molar-refractivity contribution in [2.75, 3.05) is 25.2 Å².